The summed E-state index contributed by atoms with van der Waals surface area (Å²) in [6.45, 7) is 24.3. The van der Waals surface area contributed by atoms with Crippen LogP contribution in [0.1, 0.15) is 38.6 Å². The first-order valence-corrected chi connectivity index (χ1v) is 14.4. The van der Waals surface area contributed by atoms with Gasteiger partial charge in [-0.15, -0.1) is 0 Å². The van der Waals surface area contributed by atoms with Gasteiger partial charge >= 0.3 is 0 Å². The first-order chi connectivity index (χ1) is 21.6. The Morgan fingerprint density at radius 3 is 2.18 bits per heavy atom. The summed E-state index contributed by atoms with van der Waals surface area (Å²) in [7, 11) is 0. The molecule has 0 saturated carbocycles. The van der Waals surface area contributed by atoms with Crippen molar-refractivity contribution in [3.8, 4) is 17.0 Å². The number of hydrogen-bond acceptors (Lipinski definition) is 5. The summed E-state index contributed by atoms with van der Waals surface area (Å²) < 4.78 is 34.4. The van der Waals surface area contributed by atoms with Gasteiger partial charge in [0.15, 0.2) is 11.7 Å². The van der Waals surface area contributed by atoms with E-state index in [1.165, 1.54) is 12.2 Å². The average Bonchev–Trinajstić information content (AvgIpc) is 3.71. The maximum Gasteiger partial charge on any atom is 0.246 e. The maximum absolute atomic E-state index is 13.8. The number of imidazole rings is 1. The molecule has 238 valence electrons. The predicted octanol–water partition coefficient (Wildman–Crippen LogP) is 8.84. The van der Waals surface area contributed by atoms with Crippen LogP contribution in [0.4, 0.5) is 8.78 Å². The number of rotatable bonds is 10. The fraction of sp³-hybridized carbons (Fsp3) is 0.200. The van der Waals surface area contributed by atoms with Gasteiger partial charge in [-0.3, -0.25) is 19.0 Å². The highest BCUT2D eigenvalue weighted by atomic mass is 35.5. The van der Waals surface area contributed by atoms with E-state index in [-0.39, 0.29) is 24.1 Å². The molecule has 0 aliphatic carbocycles. The quantitative estimate of drug-likeness (QED) is 0.126. The number of fused-ring (bicyclic) bond motifs is 1. The third kappa shape index (κ3) is 11.0. The first kappa shape index (κ1) is 38.1. The summed E-state index contributed by atoms with van der Waals surface area (Å²) in [6, 6.07) is 6.96. The van der Waals surface area contributed by atoms with Gasteiger partial charge in [0, 0.05) is 30.1 Å². The Morgan fingerprint density at radius 2 is 1.67 bits per heavy atom. The topological polar surface area (TPSA) is 76.8 Å². The largest absolute Gasteiger partial charge is 0.489 e. The van der Waals surface area contributed by atoms with E-state index >= 15 is 0 Å². The molecule has 1 amide bonds. The summed E-state index contributed by atoms with van der Waals surface area (Å²) in [5.41, 5.74) is 2.33. The number of nitrogens with zero attached hydrogens (tertiary/aromatic N) is 4. The van der Waals surface area contributed by atoms with Crippen LogP contribution in [0.5, 0.6) is 5.75 Å². The molecule has 1 atom stereocenters. The van der Waals surface area contributed by atoms with Crippen molar-refractivity contribution in [3.05, 3.63) is 136 Å². The van der Waals surface area contributed by atoms with Crippen LogP contribution in [0.2, 0.25) is 0 Å². The van der Waals surface area contributed by atoms with Gasteiger partial charge in [-0.05, 0) is 60.9 Å². The van der Waals surface area contributed by atoms with Gasteiger partial charge in [0.05, 0.1) is 23.4 Å². The molecule has 1 aromatic carbocycles. The van der Waals surface area contributed by atoms with Gasteiger partial charge in [0.1, 0.15) is 18.2 Å². The monoisotopic (exact) mass is 636 g/mol. The lowest BCUT2D eigenvalue weighted by atomic mass is 10.1. The van der Waals surface area contributed by atoms with Crippen molar-refractivity contribution in [2.75, 3.05) is 13.2 Å². The first-order valence-electron chi connectivity index (χ1n) is 14.0. The van der Waals surface area contributed by atoms with Crippen molar-refractivity contribution in [1.29, 1.82) is 0 Å². The minimum atomic E-state index is -1.17. The zero-order valence-corrected chi connectivity index (χ0v) is 26.5. The normalized spacial score (nSPS) is 13.6. The second-order valence-electron chi connectivity index (χ2n) is 8.78. The average molecular weight is 637 g/mol. The Hall–Kier alpha value is -4.89. The molecular weight excluding hydrogens is 598 g/mol. The summed E-state index contributed by atoms with van der Waals surface area (Å²) >= 11 is 4.71. The van der Waals surface area contributed by atoms with E-state index in [9.17, 15) is 18.4 Å². The van der Waals surface area contributed by atoms with E-state index in [0.717, 1.165) is 41.5 Å². The molecule has 1 saturated heterocycles. The number of amides is 1. The minimum absolute atomic E-state index is 0.0254. The van der Waals surface area contributed by atoms with E-state index < -0.39 is 16.9 Å². The van der Waals surface area contributed by atoms with E-state index in [2.05, 4.69) is 44.5 Å². The lowest BCUT2D eigenvalue weighted by Crippen LogP contribution is -2.29. The lowest BCUT2D eigenvalue weighted by Gasteiger charge is -2.22. The Labute approximate surface area is 268 Å². The van der Waals surface area contributed by atoms with Crippen LogP contribution >= 0.6 is 11.6 Å². The lowest BCUT2D eigenvalue weighted by molar-refractivity contribution is -0.127. The molecule has 1 unspecified atom stereocenters. The minimum Gasteiger partial charge on any atom is -0.489 e. The van der Waals surface area contributed by atoms with Gasteiger partial charge in [-0.1, -0.05) is 71.5 Å². The molecule has 2 aromatic heterocycles. The van der Waals surface area contributed by atoms with Gasteiger partial charge in [-0.2, -0.15) is 0 Å². The molecule has 3 heterocycles. The van der Waals surface area contributed by atoms with E-state index in [0.29, 0.717) is 12.3 Å². The molecule has 1 aliphatic rings. The molecule has 4 rings (SSSR count). The molecular formula is C35H39ClF2N4O3. The number of halogens is 3. The number of hydrogen-bond donors (Lipinski definition) is 0. The number of ether oxygens (including phenoxy) is 1. The second kappa shape index (κ2) is 20.1. The number of likely N-dealkylation sites (tertiary alicyclic amines) is 1. The van der Waals surface area contributed by atoms with Crippen LogP contribution < -0.4 is 4.74 Å². The third-order valence-electron chi connectivity index (χ3n) is 6.10. The van der Waals surface area contributed by atoms with Crippen LogP contribution in [0.3, 0.4) is 0 Å². The number of aromatic nitrogens is 3. The standard InChI is InChI=1S/C26H24F2N4O2.C4H6.C3H3ClO.C2H6/c1-4-18(24(28)17(3)27)16-34-20-10-8-19(9-11-20)25-22-15-29-12-14-32(22)26(30-25)21-7-6-13-31(21)23(33)5-2;1-3-4-2;1-2-3(4)5;1-2/h4-5,8-12,14-15,21H,1-3,6-7,13,16H2;3-4H,1-2H2;2H,1H2;1-2H3/b24-18-;;;. The summed E-state index contributed by atoms with van der Waals surface area (Å²) in [5, 5.41) is -0.509. The summed E-state index contributed by atoms with van der Waals surface area (Å²) in [4.78, 5) is 32.7. The van der Waals surface area contributed by atoms with E-state index in [1.807, 2.05) is 36.6 Å². The Balaban J connectivity index is 0.000000801. The van der Waals surface area contributed by atoms with Crippen molar-refractivity contribution < 1.29 is 23.1 Å². The van der Waals surface area contributed by atoms with Crippen LogP contribution in [-0.2, 0) is 9.59 Å². The van der Waals surface area contributed by atoms with Crippen molar-refractivity contribution in [2.24, 2.45) is 0 Å². The Bertz CT molecular complexity index is 1540. The summed E-state index contributed by atoms with van der Waals surface area (Å²) in [5.74, 6) is -1.12. The van der Waals surface area contributed by atoms with Crippen molar-refractivity contribution >= 4 is 28.3 Å². The van der Waals surface area contributed by atoms with Crippen LogP contribution in [0.15, 0.2) is 130 Å². The molecule has 7 nitrogen and oxygen atoms in total. The van der Waals surface area contributed by atoms with Gasteiger partial charge < -0.3 is 9.64 Å². The zero-order chi connectivity index (χ0) is 33.9. The van der Waals surface area contributed by atoms with Crippen molar-refractivity contribution in [2.45, 2.75) is 32.7 Å². The highest BCUT2D eigenvalue weighted by Crippen LogP contribution is 2.35. The molecule has 10 heteroatoms. The van der Waals surface area contributed by atoms with Crippen LogP contribution in [-0.4, -0.2) is 43.6 Å². The fourth-order valence-corrected chi connectivity index (χ4v) is 4.08. The molecule has 0 bridgehead atoms. The van der Waals surface area contributed by atoms with Crippen LogP contribution in [0.25, 0.3) is 16.8 Å². The molecule has 0 spiro atoms. The number of benzene rings is 1. The van der Waals surface area contributed by atoms with Crippen LogP contribution in [0, 0.1) is 0 Å². The molecule has 3 aromatic rings. The fourth-order valence-electron chi connectivity index (χ4n) is 4.08. The molecule has 0 radical (unpaired) electrons. The SMILES string of the molecule is C=CC(=O)Cl.C=CC(=O)N1CCCC1c1nc(-c2ccc(OC/C(C=C)=C(\F)C(=C)F)cc2)c2cnccn12.C=CC=C.CC. The summed E-state index contributed by atoms with van der Waals surface area (Å²) in [6.07, 6.45) is 13.8. The highest BCUT2D eigenvalue weighted by molar-refractivity contribution is 6.66. The molecule has 1 aliphatic heterocycles. The molecule has 45 heavy (non-hydrogen) atoms. The predicted molar refractivity (Wildman–Crippen MR) is 179 cm³/mol. The zero-order valence-electron chi connectivity index (χ0n) is 25.7. The molecule has 1 fully saturated rings. The van der Waals surface area contributed by atoms with Crippen molar-refractivity contribution in [3.63, 3.8) is 0 Å². The second-order valence-corrected chi connectivity index (χ2v) is 9.16. The Kier molecular flexibility index (Phi) is 17.1. The highest BCUT2D eigenvalue weighted by Gasteiger charge is 2.32. The Morgan fingerprint density at radius 1 is 1.04 bits per heavy atom. The smallest absolute Gasteiger partial charge is 0.246 e. The van der Waals surface area contributed by atoms with Gasteiger partial charge in [0.2, 0.25) is 11.1 Å². The number of carbonyl (C=O) groups is 2. The maximum atomic E-state index is 13.8. The number of allylic oxidation sites excluding steroid dienone is 5. The third-order valence-corrected chi connectivity index (χ3v) is 6.25. The number of carbonyl (C=O) groups excluding carboxylic acids is 2. The van der Waals surface area contributed by atoms with E-state index in [1.54, 1.807) is 41.6 Å². The molecule has 0 N–H and O–H groups in total. The van der Waals surface area contributed by atoms with Gasteiger partial charge in [0.25, 0.3) is 0 Å². The van der Waals surface area contributed by atoms with Crippen molar-refractivity contribution in [1.82, 2.24) is 19.3 Å². The van der Waals surface area contributed by atoms with E-state index in [4.69, 9.17) is 21.3 Å². The van der Waals surface area contributed by atoms with Gasteiger partial charge in [-0.25, -0.2) is 13.8 Å².